The molecule has 0 saturated carbocycles. The van der Waals surface area contributed by atoms with Crippen molar-refractivity contribution in [3.63, 3.8) is 0 Å². The van der Waals surface area contributed by atoms with Crippen LogP contribution >= 0.6 is 27.5 Å². The van der Waals surface area contributed by atoms with E-state index in [1.165, 1.54) is 50.7 Å². The molecular formula is C15H21BrClFO. The van der Waals surface area contributed by atoms with Crippen LogP contribution in [0.4, 0.5) is 4.39 Å². The van der Waals surface area contributed by atoms with Gasteiger partial charge in [0.15, 0.2) is 0 Å². The van der Waals surface area contributed by atoms with Crippen LogP contribution in [0.1, 0.15) is 44.9 Å². The van der Waals surface area contributed by atoms with E-state index in [4.69, 9.17) is 16.3 Å². The first-order valence-corrected chi connectivity index (χ1v) is 8.38. The van der Waals surface area contributed by atoms with Gasteiger partial charge >= 0.3 is 0 Å². The lowest BCUT2D eigenvalue weighted by molar-refractivity contribution is 0.303. The summed E-state index contributed by atoms with van der Waals surface area (Å²) in [5.74, 6) is 0.130. The third-order valence-corrected chi connectivity index (χ3v) is 3.81. The van der Waals surface area contributed by atoms with Crippen LogP contribution in [0.5, 0.6) is 5.75 Å². The van der Waals surface area contributed by atoms with Crippen molar-refractivity contribution in [3.8, 4) is 5.75 Å². The zero-order chi connectivity index (χ0) is 13.9. The molecule has 0 N–H and O–H groups in total. The average molecular weight is 352 g/mol. The number of rotatable bonds is 10. The molecule has 0 amide bonds. The zero-order valence-electron chi connectivity index (χ0n) is 11.1. The number of alkyl halides is 1. The fourth-order valence-electron chi connectivity index (χ4n) is 1.84. The fourth-order valence-corrected chi connectivity index (χ4v) is 2.35. The summed E-state index contributed by atoms with van der Waals surface area (Å²) in [5.41, 5.74) is 0. The molecule has 0 atom stereocenters. The van der Waals surface area contributed by atoms with Gasteiger partial charge in [0.1, 0.15) is 11.6 Å². The predicted octanol–water partition coefficient (Wildman–Crippen LogP) is 5.98. The van der Waals surface area contributed by atoms with Crippen molar-refractivity contribution < 1.29 is 9.13 Å². The van der Waals surface area contributed by atoms with Gasteiger partial charge in [0.25, 0.3) is 0 Å². The largest absolute Gasteiger partial charge is 0.493 e. The van der Waals surface area contributed by atoms with Crippen molar-refractivity contribution >= 4 is 27.5 Å². The lowest BCUT2D eigenvalue weighted by Crippen LogP contribution is -1.97. The number of hydrogen-bond donors (Lipinski definition) is 0. The first kappa shape index (κ1) is 16.8. The van der Waals surface area contributed by atoms with E-state index in [0.29, 0.717) is 12.4 Å². The average Bonchev–Trinajstić information content (AvgIpc) is 2.41. The number of unbranched alkanes of at least 4 members (excludes halogenated alkanes) is 6. The maximum Gasteiger partial charge on any atom is 0.145 e. The van der Waals surface area contributed by atoms with E-state index in [2.05, 4.69) is 15.9 Å². The van der Waals surface area contributed by atoms with E-state index < -0.39 is 5.82 Å². The molecule has 0 aliphatic heterocycles. The quantitative estimate of drug-likeness (QED) is 0.372. The van der Waals surface area contributed by atoms with E-state index in [0.717, 1.165) is 11.8 Å². The molecule has 1 rings (SSSR count). The third kappa shape index (κ3) is 7.78. The third-order valence-electron chi connectivity index (χ3n) is 2.94. The first-order valence-electron chi connectivity index (χ1n) is 6.88. The van der Waals surface area contributed by atoms with Crippen LogP contribution in [-0.2, 0) is 0 Å². The molecule has 0 heterocycles. The lowest BCUT2D eigenvalue weighted by Gasteiger charge is -2.06. The van der Waals surface area contributed by atoms with Gasteiger partial charge in [0, 0.05) is 11.4 Å². The molecule has 0 aliphatic carbocycles. The topological polar surface area (TPSA) is 9.23 Å². The molecule has 0 unspecified atom stereocenters. The Morgan fingerprint density at radius 3 is 2.26 bits per heavy atom. The van der Waals surface area contributed by atoms with Gasteiger partial charge in [-0.1, -0.05) is 59.6 Å². The van der Waals surface area contributed by atoms with Crippen LogP contribution in [0.3, 0.4) is 0 Å². The van der Waals surface area contributed by atoms with Crippen molar-refractivity contribution in [3.05, 3.63) is 29.0 Å². The van der Waals surface area contributed by atoms with Gasteiger partial charge in [-0.05, 0) is 25.0 Å². The maximum atomic E-state index is 13.1. The molecule has 0 radical (unpaired) electrons. The summed E-state index contributed by atoms with van der Waals surface area (Å²) in [5, 5.41) is 1.24. The van der Waals surface area contributed by atoms with Crippen LogP contribution in [0.2, 0.25) is 5.02 Å². The summed E-state index contributed by atoms with van der Waals surface area (Å²) in [6.07, 6.45) is 8.63. The molecule has 0 aliphatic rings. The monoisotopic (exact) mass is 350 g/mol. The minimum absolute atomic E-state index is 0.135. The Hall–Kier alpha value is -0.280. The van der Waals surface area contributed by atoms with Gasteiger partial charge in [0.05, 0.1) is 11.6 Å². The van der Waals surface area contributed by atoms with E-state index in [1.54, 1.807) is 6.07 Å². The van der Waals surface area contributed by atoms with Crippen molar-refractivity contribution in [1.29, 1.82) is 0 Å². The minimum atomic E-state index is -0.425. The van der Waals surface area contributed by atoms with Crippen molar-refractivity contribution in [2.45, 2.75) is 44.9 Å². The zero-order valence-corrected chi connectivity index (χ0v) is 13.5. The highest BCUT2D eigenvalue weighted by atomic mass is 79.9. The molecule has 0 fully saturated rings. The smallest absolute Gasteiger partial charge is 0.145 e. The molecule has 1 nitrogen and oxygen atoms in total. The predicted molar refractivity (Wildman–Crippen MR) is 83.0 cm³/mol. The van der Waals surface area contributed by atoms with Gasteiger partial charge in [0.2, 0.25) is 0 Å². The normalized spacial score (nSPS) is 10.7. The molecule has 0 spiro atoms. The minimum Gasteiger partial charge on any atom is -0.493 e. The van der Waals surface area contributed by atoms with E-state index >= 15 is 0 Å². The maximum absolute atomic E-state index is 13.1. The number of hydrogen-bond acceptors (Lipinski definition) is 1. The Labute approximate surface area is 128 Å². The summed E-state index contributed by atoms with van der Waals surface area (Å²) in [4.78, 5) is 0. The van der Waals surface area contributed by atoms with Crippen LogP contribution in [0.15, 0.2) is 18.2 Å². The van der Waals surface area contributed by atoms with Gasteiger partial charge in [-0.25, -0.2) is 4.39 Å². The number of benzene rings is 1. The second-order valence-corrected chi connectivity index (χ2v) is 5.79. The molecule has 19 heavy (non-hydrogen) atoms. The molecule has 0 saturated heterocycles. The summed E-state index contributed by atoms with van der Waals surface area (Å²) in [6.45, 7) is 0.641. The van der Waals surface area contributed by atoms with Crippen molar-refractivity contribution in [2.24, 2.45) is 0 Å². The Balaban J connectivity index is 2.00. The second kappa shape index (κ2) is 10.5. The standard InChI is InChI=1S/C15H21BrClFO/c16-10-6-4-2-1-3-5-7-11-19-13-8-9-14(17)15(18)12-13/h8-9,12H,1-7,10-11H2. The molecule has 0 aromatic heterocycles. The van der Waals surface area contributed by atoms with Crippen LogP contribution in [0, 0.1) is 5.82 Å². The molecule has 1 aromatic rings. The number of ether oxygens (including phenoxy) is 1. The van der Waals surface area contributed by atoms with E-state index in [1.807, 2.05) is 0 Å². The molecule has 0 bridgehead atoms. The Morgan fingerprint density at radius 1 is 1.00 bits per heavy atom. The summed E-state index contributed by atoms with van der Waals surface area (Å²) < 4.78 is 18.6. The fraction of sp³-hybridized carbons (Fsp3) is 0.600. The van der Waals surface area contributed by atoms with Gasteiger partial charge in [-0.2, -0.15) is 0 Å². The van der Waals surface area contributed by atoms with E-state index in [9.17, 15) is 4.39 Å². The van der Waals surface area contributed by atoms with Gasteiger partial charge in [-0.3, -0.25) is 0 Å². The first-order chi connectivity index (χ1) is 9.24. The SMILES string of the molecule is Fc1cc(OCCCCCCCCCBr)ccc1Cl. The molecule has 108 valence electrons. The summed E-state index contributed by atoms with van der Waals surface area (Å²) >= 11 is 9.03. The van der Waals surface area contributed by atoms with Crippen molar-refractivity contribution in [2.75, 3.05) is 11.9 Å². The lowest BCUT2D eigenvalue weighted by atomic mass is 10.1. The summed E-state index contributed by atoms with van der Waals surface area (Å²) in [7, 11) is 0. The van der Waals surface area contributed by atoms with Crippen LogP contribution in [0.25, 0.3) is 0 Å². The molecule has 1 aromatic carbocycles. The van der Waals surface area contributed by atoms with Crippen molar-refractivity contribution in [1.82, 2.24) is 0 Å². The van der Waals surface area contributed by atoms with E-state index in [-0.39, 0.29) is 5.02 Å². The Kier molecular flexibility index (Phi) is 9.27. The van der Waals surface area contributed by atoms with Gasteiger partial charge in [-0.15, -0.1) is 0 Å². The Bertz CT molecular complexity index is 360. The summed E-state index contributed by atoms with van der Waals surface area (Å²) in [6, 6.07) is 4.56. The van der Waals surface area contributed by atoms with Gasteiger partial charge < -0.3 is 4.74 Å². The van der Waals surface area contributed by atoms with Crippen LogP contribution in [-0.4, -0.2) is 11.9 Å². The van der Waals surface area contributed by atoms with Crippen LogP contribution < -0.4 is 4.74 Å². The second-order valence-electron chi connectivity index (χ2n) is 4.59. The highest BCUT2D eigenvalue weighted by Crippen LogP contribution is 2.20. The highest BCUT2D eigenvalue weighted by molar-refractivity contribution is 9.09. The molecular weight excluding hydrogens is 331 g/mol. The molecule has 4 heteroatoms. The number of halogens is 3. The highest BCUT2D eigenvalue weighted by Gasteiger charge is 2.01. The Morgan fingerprint density at radius 2 is 1.63 bits per heavy atom.